The molecule has 2 aromatic carbocycles. The van der Waals surface area contributed by atoms with E-state index in [2.05, 4.69) is 10.6 Å². The number of carbonyl (C=O) groups is 1. The number of carbonyl (C=O) groups excluding carboxylic acids is 1. The molecule has 120 valence electrons. The highest BCUT2D eigenvalue weighted by atomic mass is 35.5. The van der Waals surface area contributed by atoms with Crippen LogP contribution in [0.2, 0.25) is 5.02 Å². The van der Waals surface area contributed by atoms with Crippen molar-refractivity contribution in [3.8, 4) is 0 Å². The topological polar surface area (TPSA) is 67.2 Å². The van der Waals surface area contributed by atoms with Crippen molar-refractivity contribution in [1.29, 1.82) is 0 Å². The molecule has 0 atom stereocenters. The van der Waals surface area contributed by atoms with Crippen LogP contribution >= 0.6 is 23.8 Å². The molecule has 0 spiro atoms. The molecule has 6 heteroatoms. The van der Waals surface area contributed by atoms with Crippen molar-refractivity contribution in [2.45, 2.75) is 20.3 Å². The molecule has 4 nitrogen and oxygen atoms in total. The molecule has 23 heavy (non-hydrogen) atoms. The lowest BCUT2D eigenvalue weighted by atomic mass is 10.1. The van der Waals surface area contributed by atoms with Crippen molar-refractivity contribution < 1.29 is 4.79 Å². The van der Waals surface area contributed by atoms with Crippen molar-refractivity contribution in [2.24, 2.45) is 5.73 Å². The summed E-state index contributed by atoms with van der Waals surface area (Å²) in [4.78, 5) is 12.2. The molecule has 0 heterocycles. The van der Waals surface area contributed by atoms with E-state index >= 15 is 0 Å². The van der Waals surface area contributed by atoms with Gasteiger partial charge < -0.3 is 16.4 Å². The number of hydrogen-bond donors (Lipinski definition) is 3. The van der Waals surface area contributed by atoms with Gasteiger partial charge in [0.15, 0.2) is 5.11 Å². The summed E-state index contributed by atoms with van der Waals surface area (Å²) in [6, 6.07) is 11.0. The normalized spacial score (nSPS) is 10.2. The van der Waals surface area contributed by atoms with Gasteiger partial charge in [-0.05, 0) is 67.0 Å². The van der Waals surface area contributed by atoms with Gasteiger partial charge in [0.05, 0.1) is 6.42 Å². The molecule has 0 unspecified atom stereocenters. The number of hydrogen-bond acceptors (Lipinski definition) is 2. The first kappa shape index (κ1) is 17.2. The molecule has 0 aliphatic rings. The van der Waals surface area contributed by atoms with E-state index in [1.165, 1.54) is 0 Å². The third kappa shape index (κ3) is 4.94. The molecular formula is C17H18ClN3OS. The number of halogens is 1. The average Bonchev–Trinajstić information content (AvgIpc) is 2.45. The monoisotopic (exact) mass is 347 g/mol. The summed E-state index contributed by atoms with van der Waals surface area (Å²) in [7, 11) is 0. The summed E-state index contributed by atoms with van der Waals surface area (Å²) in [6.45, 7) is 3.85. The Balaban J connectivity index is 2.11. The molecule has 0 saturated heterocycles. The second-order valence-corrected chi connectivity index (χ2v) is 6.20. The Bertz CT molecular complexity index is 721. The molecule has 0 saturated carbocycles. The minimum absolute atomic E-state index is 0.0754. The molecule has 0 aromatic heterocycles. The van der Waals surface area contributed by atoms with Gasteiger partial charge in [0, 0.05) is 16.4 Å². The fourth-order valence-corrected chi connectivity index (χ4v) is 2.59. The number of nitrogens with two attached hydrogens (primary N) is 1. The molecule has 0 fully saturated rings. The molecule has 0 aliphatic heterocycles. The van der Waals surface area contributed by atoms with Gasteiger partial charge in [0.1, 0.15) is 0 Å². The number of thiocarbonyl (C=S) groups is 1. The molecule has 1 amide bonds. The predicted molar refractivity (Wildman–Crippen MR) is 100 cm³/mol. The Morgan fingerprint density at radius 1 is 1.13 bits per heavy atom. The summed E-state index contributed by atoms with van der Waals surface area (Å²) in [6.07, 6.45) is 0.295. The second kappa shape index (κ2) is 7.44. The van der Waals surface area contributed by atoms with E-state index in [1.807, 2.05) is 38.1 Å². The summed E-state index contributed by atoms with van der Waals surface area (Å²) in [5.74, 6) is -0.0754. The van der Waals surface area contributed by atoms with E-state index in [0.717, 1.165) is 28.1 Å². The lowest BCUT2D eigenvalue weighted by molar-refractivity contribution is -0.115. The number of nitrogens with one attached hydrogen (secondary N) is 2. The standard InChI is InChI=1S/C17H18ClN3OS/c1-10-7-14(20-17(19)23)8-11(2)16(10)21-15(22)9-12-3-5-13(18)6-4-12/h3-8H,9H2,1-2H3,(H,21,22)(H3,19,20,23). The van der Waals surface area contributed by atoms with Crippen molar-refractivity contribution in [2.75, 3.05) is 10.6 Å². The van der Waals surface area contributed by atoms with Gasteiger partial charge in [0.2, 0.25) is 5.91 Å². The van der Waals surface area contributed by atoms with E-state index in [0.29, 0.717) is 11.4 Å². The molecular weight excluding hydrogens is 330 g/mol. The number of benzene rings is 2. The molecule has 0 aliphatic carbocycles. The molecule has 4 N–H and O–H groups in total. The van der Waals surface area contributed by atoms with Gasteiger partial charge in [-0.1, -0.05) is 23.7 Å². The lowest BCUT2D eigenvalue weighted by Crippen LogP contribution is -2.20. The number of anilines is 2. The molecule has 2 rings (SSSR count). The predicted octanol–water partition coefficient (Wildman–Crippen LogP) is 3.79. The zero-order valence-corrected chi connectivity index (χ0v) is 14.5. The number of rotatable bonds is 4. The third-order valence-electron chi connectivity index (χ3n) is 3.34. The minimum Gasteiger partial charge on any atom is -0.376 e. The number of aryl methyl sites for hydroxylation is 2. The molecule has 2 aromatic rings. The summed E-state index contributed by atoms with van der Waals surface area (Å²) >= 11 is 10.7. The first-order valence-electron chi connectivity index (χ1n) is 7.07. The van der Waals surface area contributed by atoms with Crippen LogP contribution in [0.15, 0.2) is 36.4 Å². The van der Waals surface area contributed by atoms with E-state index in [9.17, 15) is 4.79 Å². The number of amides is 1. The van der Waals surface area contributed by atoms with Crippen molar-refractivity contribution in [1.82, 2.24) is 0 Å². The van der Waals surface area contributed by atoms with Gasteiger partial charge in [-0.2, -0.15) is 0 Å². The Hall–Kier alpha value is -2.11. The minimum atomic E-state index is -0.0754. The van der Waals surface area contributed by atoms with Crippen molar-refractivity contribution >= 4 is 46.2 Å². The van der Waals surface area contributed by atoms with Gasteiger partial charge in [-0.25, -0.2) is 0 Å². The van der Waals surface area contributed by atoms with Crippen LogP contribution in [-0.2, 0) is 11.2 Å². The maximum Gasteiger partial charge on any atom is 0.228 e. The van der Waals surface area contributed by atoms with Crippen LogP contribution in [0.5, 0.6) is 0 Å². The van der Waals surface area contributed by atoms with E-state index in [1.54, 1.807) is 12.1 Å². The van der Waals surface area contributed by atoms with Gasteiger partial charge in [0.25, 0.3) is 0 Å². The average molecular weight is 348 g/mol. The Morgan fingerprint density at radius 2 is 1.70 bits per heavy atom. The quantitative estimate of drug-likeness (QED) is 0.736. The summed E-state index contributed by atoms with van der Waals surface area (Å²) in [5, 5.41) is 6.72. The smallest absolute Gasteiger partial charge is 0.228 e. The highest BCUT2D eigenvalue weighted by Crippen LogP contribution is 2.25. The summed E-state index contributed by atoms with van der Waals surface area (Å²) in [5.41, 5.74) is 9.88. The van der Waals surface area contributed by atoms with Crippen LogP contribution in [0.1, 0.15) is 16.7 Å². The van der Waals surface area contributed by atoms with E-state index < -0.39 is 0 Å². The Kier molecular flexibility index (Phi) is 5.58. The van der Waals surface area contributed by atoms with Crippen LogP contribution in [0.3, 0.4) is 0 Å². The van der Waals surface area contributed by atoms with Gasteiger partial charge in [-0.15, -0.1) is 0 Å². The zero-order valence-electron chi connectivity index (χ0n) is 12.9. The zero-order chi connectivity index (χ0) is 17.0. The van der Waals surface area contributed by atoms with Crippen molar-refractivity contribution in [3.63, 3.8) is 0 Å². The molecule has 0 bridgehead atoms. The lowest BCUT2D eigenvalue weighted by Gasteiger charge is -2.14. The SMILES string of the molecule is Cc1cc(NC(N)=S)cc(C)c1NC(=O)Cc1ccc(Cl)cc1. The first-order valence-corrected chi connectivity index (χ1v) is 7.86. The maximum absolute atomic E-state index is 12.2. The fourth-order valence-electron chi connectivity index (χ4n) is 2.35. The van der Waals surface area contributed by atoms with Crippen molar-refractivity contribution in [3.05, 3.63) is 58.1 Å². The van der Waals surface area contributed by atoms with Gasteiger partial charge in [-0.3, -0.25) is 4.79 Å². The highest BCUT2D eigenvalue weighted by Gasteiger charge is 2.10. The fraction of sp³-hybridized carbons (Fsp3) is 0.176. The maximum atomic E-state index is 12.2. The van der Waals surface area contributed by atoms with E-state index in [4.69, 9.17) is 29.6 Å². The second-order valence-electron chi connectivity index (χ2n) is 5.33. The van der Waals surface area contributed by atoms with Crippen LogP contribution in [0.4, 0.5) is 11.4 Å². The Morgan fingerprint density at radius 3 is 2.22 bits per heavy atom. The summed E-state index contributed by atoms with van der Waals surface area (Å²) < 4.78 is 0. The van der Waals surface area contributed by atoms with E-state index in [-0.39, 0.29) is 11.0 Å². The largest absolute Gasteiger partial charge is 0.376 e. The van der Waals surface area contributed by atoms with Crippen LogP contribution < -0.4 is 16.4 Å². The Labute approximate surface area is 146 Å². The van der Waals surface area contributed by atoms with Crippen LogP contribution in [-0.4, -0.2) is 11.0 Å². The van der Waals surface area contributed by atoms with Crippen LogP contribution in [0.25, 0.3) is 0 Å². The highest BCUT2D eigenvalue weighted by molar-refractivity contribution is 7.80. The first-order chi connectivity index (χ1) is 10.8. The van der Waals surface area contributed by atoms with Gasteiger partial charge >= 0.3 is 0 Å². The molecule has 0 radical (unpaired) electrons. The third-order valence-corrected chi connectivity index (χ3v) is 3.70. The van der Waals surface area contributed by atoms with Crippen LogP contribution in [0, 0.1) is 13.8 Å².